The monoisotopic (exact) mass is 409 g/mol. The molecule has 0 bridgehead atoms. The third-order valence-electron chi connectivity index (χ3n) is 4.28. The summed E-state index contributed by atoms with van der Waals surface area (Å²) >= 11 is 10.7. The van der Waals surface area contributed by atoms with Gasteiger partial charge in [0.2, 0.25) is 0 Å². The molecule has 0 aromatic carbocycles. The molecule has 1 aliphatic rings. The molecule has 0 N–H and O–H groups in total. The molecule has 3 aromatic rings. The molecule has 25 heavy (non-hydrogen) atoms. The Morgan fingerprint density at radius 3 is 2.96 bits per heavy atom. The van der Waals surface area contributed by atoms with Crippen LogP contribution in [0, 0.1) is 6.92 Å². The largest absolute Gasteiger partial charge is 0.337 e. The SMILES string of the molecule is Cc1nc(-c2ccc(Cl)s2)sc1C(=O)N1CCCC(c2nccs2)C1. The second-order valence-corrected chi connectivity index (χ2v) is 9.64. The number of carbonyl (C=O) groups is 1. The van der Waals surface area contributed by atoms with Crippen molar-refractivity contribution in [3.05, 3.63) is 43.6 Å². The summed E-state index contributed by atoms with van der Waals surface area (Å²) in [7, 11) is 0. The molecule has 4 nitrogen and oxygen atoms in total. The normalized spacial score (nSPS) is 17.8. The van der Waals surface area contributed by atoms with Crippen molar-refractivity contribution < 1.29 is 4.79 Å². The molecular formula is C17H16ClN3OS3. The van der Waals surface area contributed by atoms with Crippen molar-refractivity contribution in [3.8, 4) is 9.88 Å². The third-order valence-corrected chi connectivity index (χ3v) is 7.77. The predicted octanol–water partition coefficient (Wildman–Crippen LogP) is 5.31. The minimum atomic E-state index is 0.0881. The van der Waals surface area contributed by atoms with Crippen LogP contribution in [0.25, 0.3) is 9.88 Å². The van der Waals surface area contributed by atoms with Crippen LogP contribution in [0.4, 0.5) is 0 Å². The Balaban J connectivity index is 1.55. The van der Waals surface area contributed by atoms with E-state index in [-0.39, 0.29) is 5.91 Å². The van der Waals surface area contributed by atoms with Crippen LogP contribution in [0.5, 0.6) is 0 Å². The van der Waals surface area contributed by atoms with Crippen molar-refractivity contribution in [3.63, 3.8) is 0 Å². The highest BCUT2D eigenvalue weighted by molar-refractivity contribution is 7.24. The van der Waals surface area contributed by atoms with Crippen molar-refractivity contribution in [2.75, 3.05) is 13.1 Å². The number of hydrogen-bond donors (Lipinski definition) is 0. The lowest BCUT2D eigenvalue weighted by Crippen LogP contribution is -2.39. The van der Waals surface area contributed by atoms with Crippen molar-refractivity contribution in [1.82, 2.24) is 14.9 Å². The van der Waals surface area contributed by atoms with E-state index in [9.17, 15) is 4.79 Å². The quantitative estimate of drug-likeness (QED) is 0.588. The molecule has 1 saturated heterocycles. The van der Waals surface area contributed by atoms with Gasteiger partial charge in [0, 0.05) is 30.6 Å². The van der Waals surface area contributed by atoms with Crippen LogP contribution in [-0.2, 0) is 0 Å². The van der Waals surface area contributed by atoms with Crippen molar-refractivity contribution in [1.29, 1.82) is 0 Å². The van der Waals surface area contributed by atoms with Crippen LogP contribution in [-0.4, -0.2) is 33.9 Å². The van der Waals surface area contributed by atoms with Gasteiger partial charge in [-0.25, -0.2) is 9.97 Å². The highest BCUT2D eigenvalue weighted by Gasteiger charge is 2.29. The summed E-state index contributed by atoms with van der Waals surface area (Å²) in [5.41, 5.74) is 0.797. The maximum atomic E-state index is 13.0. The van der Waals surface area contributed by atoms with E-state index in [0.717, 1.165) is 55.7 Å². The Labute approximate surface area is 163 Å². The number of nitrogens with zero attached hydrogens (tertiary/aromatic N) is 3. The van der Waals surface area contributed by atoms with E-state index < -0.39 is 0 Å². The first-order valence-electron chi connectivity index (χ1n) is 8.03. The zero-order valence-electron chi connectivity index (χ0n) is 13.6. The summed E-state index contributed by atoms with van der Waals surface area (Å²) in [6.07, 6.45) is 3.95. The average molecular weight is 410 g/mol. The lowest BCUT2D eigenvalue weighted by atomic mass is 9.98. The van der Waals surface area contributed by atoms with E-state index in [2.05, 4.69) is 9.97 Å². The fourth-order valence-electron chi connectivity index (χ4n) is 3.07. The molecule has 0 radical (unpaired) electrons. The summed E-state index contributed by atoms with van der Waals surface area (Å²) in [6.45, 7) is 3.45. The number of amides is 1. The number of rotatable bonds is 3. The molecule has 0 saturated carbocycles. The lowest BCUT2D eigenvalue weighted by molar-refractivity contribution is 0.0711. The Morgan fingerprint density at radius 1 is 1.36 bits per heavy atom. The zero-order chi connectivity index (χ0) is 17.4. The Hall–Kier alpha value is -1.28. The van der Waals surface area contributed by atoms with Crippen LogP contribution in [0.1, 0.15) is 39.1 Å². The third kappa shape index (κ3) is 3.51. The van der Waals surface area contributed by atoms with E-state index in [1.165, 1.54) is 22.7 Å². The van der Waals surface area contributed by atoms with Gasteiger partial charge in [-0.3, -0.25) is 4.79 Å². The van der Waals surface area contributed by atoms with Gasteiger partial charge in [-0.05, 0) is 31.9 Å². The standard InChI is InChI=1S/C17H16ClN3OS3/c1-10-14(25-16(20-10)12-4-5-13(18)24-12)17(22)21-7-2-3-11(9-21)15-19-6-8-23-15/h4-6,8,11H,2-3,7,9H2,1H3. The molecular weight excluding hydrogens is 394 g/mol. The summed E-state index contributed by atoms with van der Waals surface area (Å²) in [6, 6.07) is 3.82. The number of halogens is 1. The van der Waals surface area contributed by atoms with Crippen molar-refractivity contribution in [2.24, 2.45) is 0 Å². The average Bonchev–Trinajstić information content (AvgIpc) is 3.35. The van der Waals surface area contributed by atoms with Crippen LogP contribution in [0.2, 0.25) is 4.34 Å². The van der Waals surface area contributed by atoms with Gasteiger partial charge >= 0.3 is 0 Å². The number of aryl methyl sites for hydroxylation is 1. The minimum Gasteiger partial charge on any atom is -0.337 e. The Kier molecular flexibility index (Phi) is 4.90. The molecule has 130 valence electrons. The molecule has 1 amide bonds. The predicted molar refractivity (Wildman–Crippen MR) is 105 cm³/mol. The van der Waals surface area contributed by atoms with Gasteiger partial charge in [0.15, 0.2) is 0 Å². The van der Waals surface area contributed by atoms with E-state index >= 15 is 0 Å². The molecule has 0 spiro atoms. The van der Waals surface area contributed by atoms with Gasteiger partial charge in [0.1, 0.15) is 9.88 Å². The number of aromatic nitrogens is 2. The topological polar surface area (TPSA) is 46.1 Å². The molecule has 1 fully saturated rings. The second-order valence-electron chi connectivity index (χ2n) is 6.00. The number of hydrogen-bond acceptors (Lipinski definition) is 6. The van der Waals surface area contributed by atoms with Crippen LogP contribution in [0.15, 0.2) is 23.7 Å². The molecule has 4 rings (SSSR count). The minimum absolute atomic E-state index is 0.0881. The summed E-state index contributed by atoms with van der Waals surface area (Å²) in [5.74, 6) is 0.437. The first-order chi connectivity index (χ1) is 12.1. The van der Waals surface area contributed by atoms with Crippen molar-refractivity contribution in [2.45, 2.75) is 25.7 Å². The number of carbonyl (C=O) groups excluding carboxylic acids is 1. The summed E-state index contributed by atoms with van der Waals surface area (Å²) in [5, 5.41) is 4.00. The lowest BCUT2D eigenvalue weighted by Gasteiger charge is -2.31. The van der Waals surface area contributed by atoms with Crippen LogP contribution in [0.3, 0.4) is 0 Å². The highest BCUT2D eigenvalue weighted by Crippen LogP contribution is 2.36. The first-order valence-corrected chi connectivity index (χ1v) is 10.9. The molecule has 1 aliphatic heterocycles. The first kappa shape index (κ1) is 17.1. The molecule has 0 aliphatic carbocycles. The van der Waals surface area contributed by atoms with E-state index in [4.69, 9.17) is 11.6 Å². The molecule has 8 heteroatoms. The smallest absolute Gasteiger partial charge is 0.265 e. The van der Waals surface area contributed by atoms with Gasteiger partial charge in [-0.1, -0.05) is 11.6 Å². The van der Waals surface area contributed by atoms with Gasteiger partial charge in [-0.15, -0.1) is 34.0 Å². The summed E-state index contributed by atoms with van der Waals surface area (Å²) in [4.78, 5) is 25.8. The molecule has 1 atom stereocenters. The van der Waals surface area contributed by atoms with Crippen LogP contribution < -0.4 is 0 Å². The second kappa shape index (κ2) is 7.15. The fourth-order valence-corrected chi connectivity index (χ4v) is 5.97. The number of likely N-dealkylation sites (tertiary alicyclic amines) is 1. The molecule has 4 heterocycles. The van der Waals surface area contributed by atoms with Gasteiger partial charge < -0.3 is 4.90 Å². The van der Waals surface area contributed by atoms with Gasteiger partial charge in [0.25, 0.3) is 5.91 Å². The Morgan fingerprint density at radius 2 is 2.24 bits per heavy atom. The maximum Gasteiger partial charge on any atom is 0.265 e. The van der Waals surface area contributed by atoms with E-state index in [1.54, 1.807) is 11.3 Å². The summed E-state index contributed by atoms with van der Waals surface area (Å²) < 4.78 is 0.734. The highest BCUT2D eigenvalue weighted by atomic mass is 35.5. The molecule has 3 aromatic heterocycles. The maximum absolute atomic E-state index is 13.0. The van der Waals surface area contributed by atoms with Crippen LogP contribution >= 0.6 is 45.6 Å². The number of piperidine rings is 1. The molecule has 1 unspecified atom stereocenters. The number of thiazole rings is 2. The van der Waals surface area contributed by atoms with Crippen molar-refractivity contribution >= 4 is 51.5 Å². The Bertz CT molecular complexity index is 887. The van der Waals surface area contributed by atoms with Gasteiger partial charge in [0.05, 0.1) is 19.9 Å². The van der Waals surface area contributed by atoms with Gasteiger partial charge in [-0.2, -0.15) is 0 Å². The van der Waals surface area contributed by atoms with E-state index in [0.29, 0.717) is 5.92 Å². The fraction of sp³-hybridized carbons (Fsp3) is 0.353. The van der Waals surface area contributed by atoms with E-state index in [1.807, 2.05) is 35.5 Å². The number of thiophene rings is 1. The zero-order valence-corrected chi connectivity index (χ0v) is 16.8.